The zero-order chi connectivity index (χ0) is 14.4. The van der Waals surface area contributed by atoms with Crippen molar-refractivity contribution >= 4 is 17.7 Å². The number of carbonyl (C=O) groups is 2. The number of aliphatic carboxylic acids is 1. The molecule has 0 bridgehead atoms. The van der Waals surface area contributed by atoms with Crippen molar-refractivity contribution in [3.05, 3.63) is 29.6 Å². The molecule has 1 aromatic rings. The highest BCUT2D eigenvalue weighted by Gasteiger charge is 2.10. The van der Waals surface area contributed by atoms with Gasteiger partial charge in [-0.3, -0.25) is 4.79 Å². The molecule has 0 saturated carbocycles. The summed E-state index contributed by atoms with van der Waals surface area (Å²) in [5.41, 5.74) is 0.930. The fourth-order valence-electron chi connectivity index (χ4n) is 1.54. The summed E-state index contributed by atoms with van der Waals surface area (Å²) in [5.74, 6) is -1.62. The summed E-state index contributed by atoms with van der Waals surface area (Å²) in [6.07, 6.45) is -0.0287. The molecule has 0 fully saturated rings. The van der Waals surface area contributed by atoms with Gasteiger partial charge in [0.15, 0.2) is 0 Å². The third-order valence-electron chi connectivity index (χ3n) is 2.50. The van der Waals surface area contributed by atoms with Gasteiger partial charge in [0.25, 0.3) is 0 Å². The van der Waals surface area contributed by atoms with Gasteiger partial charge in [-0.2, -0.15) is 0 Å². The minimum atomic E-state index is -0.917. The molecule has 0 heterocycles. The number of carboxylic acid groups (broad SMARTS) is 1. The Hall–Kier alpha value is -2.11. The third-order valence-corrected chi connectivity index (χ3v) is 2.50. The Labute approximate surface area is 110 Å². The fourth-order valence-corrected chi connectivity index (χ4v) is 1.54. The van der Waals surface area contributed by atoms with Gasteiger partial charge in [-0.15, -0.1) is 0 Å². The lowest BCUT2D eigenvalue weighted by atomic mass is 10.1. The molecule has 2 amide bonds. The van der Waals surface area contributed by atoms with Gasteiger partial charge in [0.1, 0.15) is 5.82 Å². The first kappa shape index (κ1) is 14.9. The van der Waals surface area contributed by atoms with Gasteiger partial charge >= 0.3 is 12.0 Å². The van der Waals surface area contributed by atoms with Crippen LogP contribution in [0, 0.1) is 18.7 Å². The molecule has 1 aromatic carbocycles. The molecule has 104 valence electrons. The molecule has 0 radical (unpaired) electrons. The average molecular weight is 268 g/mol. The van der Waals surface area contributed by atoms with Crippen LogP contribution in [0.4, 0.5) is 14.9 Å². The van der Waals surface area contributed by atoms with E-state index in [1.165, 1.54) is 12.1 Å². The number of hydrogen-bond acceptors (Lipinski definition) is 2. The number of urea groups is 1. The van der Waals surface area contributed by atoms with E-state index < -0.39 is 17.8 Å². The number of benzene rings is 1. The maximum Gasteiger partial charge on any atom is 0.319 e. The maximum atomic E-state index is 13.4. The fraction of sp³-hybridized carbons (Fsp3) is 0.385. The first-order valence-electron chi connectivity index (χ1n) is 5.91. The highest BCUT2D eigenvalue weighted by molar-refractivity contribution is 5.89. The van der Waals surface area contributed by atoms with Crippen LogP contribution in [0.3, 0.4) is 0 Å². The maximum absolute atomic E-state index is 13.4. The predicted octanol–water partition coefficient (Wildman–Crippen LogP) is 2.37. The van der Waals surface area contributed by atoms with Crippen molar-refractivity contribution in [1.82, 2.24) is 5.32 Å². The quantitative estimate of drug-likeness (QED) is 0.767. The van der Waals surface area contributed by atoms with Crippen molar-refractivity contribution in [2.24, 2.45) is 5.92 Å². The van der Waals surface area contributed by atoms with Crippen molar-refractivity contribution in [2.45, 2.75) is 20.3 Å². The minimum Gasteiger partial charge on any atom is -0.481 e. The Morgan fingerprint density at radius 2 is 2.11 bits per heavy atom. The summed E-state index contributed by atoms with van der Waals surface area (Å²) in [6.45, 7) is 3.71. The number of carbonyl (C=O) groups excluding carboxylic acids is 1. The first-order chi connectivity index (χ1) is 8.88. The molecule has 0 aromatic heterocycles. The van der Waals surface area contributed by atoms with Gasteiger partial charge in [0.2, 0.25) is 0 Å². The Kier molecular flexibility index (Phi) is 5.29. The highest BCUT2D eigenvalue weighted by atomic mass is 19.1. The van der Waals surface area contributed by atoms with Crippen LogP contribution in [0.5, 0.6) is 0 Å². The summed E-state index contributed by atoms with van der Waals surface area (Å²) >= 11 is 0. The van der Waals surface area contributed by atoms with Crippen LogP contribution in [-0.4, -0.2) is 23.7 Å². The minimum absolute atomic E-state index is 0.0287. The largest absolute Gasteiger partial charge is 0.481 e. The number of halogens is 1. The molecule has 3 N–H and O–H groups in total. The van der Waals surface area contributed by atoms with Gasteiger partial charge in [-0.25, -0.2) is 9.18 Å². The summed E-state index contributed by atoms with van der Waals surface area (Å²) in [5, 5.41) is 13.5. The van der Waals surface area contributed by atoms with Gasteiger partial charge in [0.05, 0.1) is 5.69 Å². The van der Waals surface area contributed by atoms with E-state index in [4.69, 9.17) is 5.11 Å². The molecule has 0 aliphatic carbocycles. The second kappa shape index (κ2) is 6.72. The summed E-state index contributed by atoms with van der Waals surface area (Å²) in [6, 6.07) is 3.85. The molecular formula is C13H17FN2O3. The molecule has 1 rings (SSSR count). The molecular weight excluding hydrogens is 251 g/mol. The monoisotopic (exact) mass is 268 g/mol. The van der Waals surface area contributed by atoms with E-state index in [1.807, 2.05) is 0 Å². The molecule has 1 unspecified atom stereocenters. The molecule has 0 aliphatic rings. The molecule has 5 nitrogen and oxygen atoms in total. The number of amides is 2. The average Bonchev–Trinajstić information content (AvgIpc) is 2.30. The SMILES string of the molecule is Cc1ccc(F)c(NC(=O)NCC(C)CC(=O)O)c1. The Morgan fingerprint density at radius 1 is 1.42 bits per heavy atom. The van der Waals surface area contributed by atoms with E-state index in [1.54, 1.807) is 19.9 Å². The Bertz CT molecular complexity index is 477. The normalized spacial score (nSPS) is 11.7. The summed E-state index contributed by atoms with van der Waals surface area (Å²) < 4.78 is 13.4. The molecule has 0 saturated heterocycles. The van der Waals surface area contributed by atoms with E-state index in [2.05, 4.69) is 10.6 Å². The van der Waals surface area contributed by atoms with Gasteiger partial charge in [0, 0.05) is 13.0 Å². The molecule has 6 heteroatoms. The smallest absolute Gasteiger partial charge is 0.319 e. The molecule has 19 heavy (non-hydrogen) atoms. The van der Waals surface area contributed by atoms with Crippen LogP contribution in [0.1, 0.15) is 18.9 Å². The van der Waals surface area contributed by atoms with Crippen LogP contribution in [0.15, 0.2) is 18.2 Å². The van der Waals surface area contributed by atoms with Crippen LogP contribution < -0.4 is 10.6 Å². The number of nitrogens with one attached hydrogen (secondary N) is 2. The van der Waals surface area contributed by atoms with Crippen molar-refractivity contribution < 1.29 is 19.1 Å². The second-order valence-electron chi connectivity index (χ2n) is 4.52. The molecule has 1 atom stereocenters. The van der Waals surface area contributed by atoms with E-state index in [9.17, 15) is 14.0 Å². The van der Waals surface area contributed by atoms with Crippen LogP contribution in [0.25, 0.3) is 0 Å². The summed E-state index contributed by atoms with van der Waals surface area (Å²) in [7, 11) is 0. The molecule has 0 spiro atoms. The van der Waals surface area contributed by atoms with Crippen molar-refractivity contribution in [3.63, 3.8) is 0 Å². The lowest BCUT2D eigenvalue weighted by molar-refractivity contribution is -0.137. The highest BCUT2D eigenvalue weighted by Crippen LogP contribution is 2.15. The van der Waals surface area contributed by atoms with Gasteiger partial charge < -0.3 is 15.7 Å². The van der Waals surface area contributed by atoms with Crippen LogP contribution in [0.2, 0.25) is 0 Å². The standard InChI is InChI=1S/C13H17FN2O3/c1-8-3-4-10(14)11(5-8)16-13(19)15-7-9(2)6-12(17)18/h3-5,9H,6-7H2,1-2H3,(H,17,18)(H2,15,16,19). The zero-order valence-electron chi connectivity index (χ0n) is 10.9. The predicted molar refractivity (Wildman–Crippen MR) is 69.6 cm³/mol. The number of hydrogen-bond donors (Lipinski definition) is 3. The van der Waals surface area contributed by atoms with E-state index in [0.29, 0.717) is 0 Å². The Morgan fingerprint density at radius 3 is 2.74 bits per heavy atom. The van der Waals surface area contributed by atoms with Crippen molar-refractivity contribution in [1.29, 1.82) is 0 Å². The topological polar surface area (TPSA) is 78.4 Å². The van der Waals surface area contributed by atoms with Gasteiger partial charge in [-0.05, 0) is 30.5 Å². The first-order valence-corrected chi connectivity index (χ1v) is 5.91. The summed E-state index contributed by atoms with van der Waals surface area (Å²) in [4.78, 5) is 22.0. The number of rotatable bonds is 5. The third kappa shape index (κ3) is 5.37. The van der Waals surface area contributed by atoms with Crippen LogP contribution in [-0.2, 0) is 4.79 Å². The number of anilines is 1. The number of aryl methyl sites for hydroxylation is 1. The van der Waals surface area contributed by atoms with E-state index in [0.717, 1.165) is 5.56 Å². The lowest BCUT2D eigenvalue weighted by Gasteiger charge is -2.12. The van der Waals surface area contributed by atoms with Gasteiger partial charge in [-0.1, -0.05) is 13.0 Å². The molecule has 0 aliphatic heterocycles. The van der Waals surface area contributed by atoms with Crippen molar-refractivity contribution in [3.8, 4) is 0 Å². The second-order valence-corrected chi connectivity index (χ2v) is 4.52. The Balaban J connectivity index is 2.47. The lowest BCUT2D eigenvalue weighted by Crippen LogP contribution is -2.33. The van der Waals surface area contributed by atoms with Crippen molar-refractivity contribution in [2.75, 3.05) is 11.9 Å². The van der Waals surface area contributed by atoms with E-state index in [-0.39, 0.29) is 24.6 Å². The van der Waals surface area contributed by atoms with E-state index >= 15 is 0 Å². The van der Waals surface area contributed by atoms with Crippen LogP contribution >= 0.6 is 0 Å². The zero-order valence-corrected chi connectivity index (χ0v) is 10.9. The number of carboxylic acids is 1.